The molecule has 0 spiro atoms. The smallest absolute Gasteiger partial charge is 0.340 e. The van der Waals surface area contributed by atoms with Crippen LogP contribution in [0.1, 0.15) is 18.9 Å². The van der Waals surface area contributed by atoms with Crippen LogP contribution in [-0.4, -0.2) is 20.9 Å². The molecule has 156 valence electrons. The van der Waals surface area contributed by atoms with Crippen LogP contribution in [0.2, 0.25) is 5.02 Å². The van der Waals surface area contributed by atoms with Gasteiger partial charge in [0.2, 0.25) is 0 Å². The number of carbonyl (C=O) groups is 1. The van der Waals surface area contributed by atoms with E-state index in [1.807, 2.05) is 6.92 Å². The standard InChI is InChI=1S/C20H16ClNO7S/c1-2-3-11-6-20(24)28-16-7-12(4-5-13(11)16)29-30(25,26)18-9-17-15(8-14(18)21)22-19(23)10-27-17/h4-9H,2-3,10H2,1H3,(H,22,23). The Bertz CT molecular complexity index is 1330. The van der Waals surface area contributed by atoms with E-state index in [-0.39, 0.29) is 45.2 Å². The number of anilines is 1. The van der Waals surface area contributed by atoms with Crippen molar-refractivity contribution in [3.05, 3.63) is 57.4 Å². The molecule has 0 radical (unpaired) electrons. The fourth-order valence-corrected chi connectivity index (χ4v) is 4.63. The third-order valence-electron chi connectivity index (χ3n) is 4.46. The highest BCUT2D eigenvalue weighted by Gasteiger charge is 2.26. The van der Waals surface area contributed by atoms with Crippen molar-refractivity contribution < 1.29 is 26.5 Å². The topological polar surface area (TPSA) is 112 Å². The average molecular weight is 450 g/mol. The predicted molar refractivity (Wildman–Crippen MR) is 110 cm³/mol. The molecule has 10 heteroatoms. The second-order valence-electron chi connectivity index (χ2n) is 6.65. The first-order valence-corrected chi connectivity index (χ1v) is 10.8. The van der Waals surface area contributed by atoms with Crippen molar-refractivity contribution in [3.63, 3.8) is 0 Å². The maximum absolute atomic E-state index is 12.8. The van der Waals surface area contributed by atoms with E-state index >= 15 is 0 Å². The van der Waals surface area contributed by atoms with E-state index in [0.717, 1.165) is 12.0 Å². The molecule has 0 unspecified atom stereocenters. The van der Waals surface area contributed by atoms with Gasteiger partial charge in [-0.3, -0.25) is 4.79 Å². The Balaban J connectivity index is 1.71. The molecule has 3 aromatic rings. The summed E-state index contributed by atoms with van der Waals surface area (Å²) in [6.45, 7) is 1.75. The molecule has 1 N–H and O–H groups in total. The maximum atomic E-state index is 12.8. The van der Waals surface area contributed by atoms with Crippen LogP contribution in [0.4, 0.5) is 5.69 Å². The lowest BCUT2D eigenvalue weighted by atomic mass is 10.1. The number of carbonyl (C=O) groups excluding carboxylic acids is 1. The van der Waals surface area contributed by atoms with Gasteiger partial charge in [-0.2, -0.15) is 8.42 Å². The van der Waals surface area contributed by atoms with E-state index in [1.165, 1.54) is 30.3 Å². The lowest BCUT2D eigenvalue weighted by molar-refractivity contribution is -0.118. The fourth-order valence-electron chi connectivity index (χ4n) is 3.18. The minimum Gasteiger partial charge on any atom is -0.482 e. The number of benzene rings is 2. The Hall–Kier alpha value is -3.04. The Morgan fingerprint density at radius 1 is 1.17 bits per heavy atom. The van der Waals surface area contributed by atoms with Crippen molar-refractivity contribution in [1.82, 2.24) is 0 Å². The largest absolute Gasteiger partial charge is 0.482 e. The Morgan fingerprint density at radius 3 is 2.73 bits per heavy atom. The number of hydrogen-bond donors (Lipinski definition) is 1. The summed E-state index contributed by atoms with van der Waals surface area (Å²) in [5.41, 5.74) is 0.783. The number of aryl methyl sites for hydroxylation is 1. The van der Waals surface area contributed by atoms with Gasteiger partial charge >= 0.3 is 15.7 Å². The van der Waals surface area contributed by atoms with Gasteiger partial charge in [0, 0.05) is 23.6 Å². The zero-order valence-corrected chi connectivity index (χ0v) is 17.3. The van der Waals surface area contributed by atoms with Gasteiger partial charge < -0.3 is 18.7 Å². The third-order valence-corrected chi connectivity index (χ3v) is 6.18. The lowest BCUT2D eigenvalue weighted by Gasteiger charge is -2.19. The van der Waals surface area contributed by atoms with Crippen molar-refractivity contribution in [2.75, 3.05) is 11.9 Å². The molecular formula is C20H16ClNO7S. The molecule has 30 heavy (non-hydrogen) atoms. The van der Waals surface area contributed by atoms with Crippen LogP contribution in [0.5, 0.6) is 11.5 Å². The normalized spacial score (nSPS) is 13.5. The van der Waals surface area contributed by atoms with E-state index in [2.05, 4.69) is 5.32 Å². The van der Waals surface area contributed by atoms with Crippen molar-refractivity contribution in [2.45, 2.75) is 24.7 Å². The van der Waals surface area contributed by atoms with Crippen LogP contribution in [0.15, 0.2) is 50.5 Å². The fraction of sp³-hybridized carbons (Fsp3) is 0.200. The number of hydrogen-bond acceptors (Lipinski definition) is 7. The Labute approximate surface area is 176 Å². The lowest BCUT2D eigenvalue weighted by Crippen LogP contribution is -2.25. The number of halogens is 1. The summed E-state index contributed by atoms with van der Waals surface area (Å²) in [7, 11) is -4.33. The molecule has 0 atom stereocenters. The molecule has 1 aromatic heterocycles. The summed E-state index contributed by atoms with van der Waals surface area (Å²) < 4.78 is 41.3. The maximum Gasteiger partial charge on any atom is 0.340 e. The number of nitrogens with one attached hydrogen (secondary N) is 1. The highest BCUT2D eigenvalue weighted by molar-refractivity contribution is 7.87. The molecular weight excluding hydrogens is 434 g/mol. The van der Waals surface area contributed by atoms with Gasteiger partial charge in [0.1, 0.15) is 22.0 Å². The summed E-state index contributed by atoms with van der Waals surface area (Å²) in [5.74, 6) is -0.247. The Kier molecular flexibility index (Phi) is 5.17. The Morgan fingerprint density at radius 2 is 1.97 bits per heavy atom. The van der Waals surface area contributed by atoms with Crippen molar-refractivity contribution in [1.29, 1.82) is 0 Å². The van der Waals surface area contributed by atoms with Gasteiger partial charge in [0.25, 0.3) is 5.91 Å². The highest BCUT2D eigenvalue weighted by atomic mass is 35.5. The quantitative estimate of drug-likeness (QED) is 0.468. The zero-order valence-electron chi connectivity index (χ0n) is 15.7. The first kappa shape index (κ1) is 20.2. The second kappa shape index (κ2) is 7.66. The van der Waals surface area contributed by atoms with Crippen LogP contribution in [-0.2, 0) is 21.3 Å². The molecule has 1 aliphatic heterocycles. The van der Waals surface area contributed by atoms with E-state index in [9.17, 15) is 18.0 Å². The highest BCUT2D eigenvalue weighted by Crippen LogP contribution is 2.37. The molecule has 2 heterocycles. The summed E-state index contributed by atoms with van der Waals surface area (Å²) in [5, 5.41) is 3.11. The van der Waals surface area contributed by atoms with Gasteiger partial charge in [-0.05, 0) is 30.2 Å². The van der Waals surface area contributed by atoms with Crippen LogP contribution >= 0.6 is 11.6 Å². The summed E-state index contributed by atoms with van der Waals surface area (Å²) in [6, 6.07) is 8.35. The molecule has 4 rings (SSSR count). The predicted octanol–water partition coefficient (Wildman–Crippen LogP) is 3.50. The van der Waals surface area contributed by atoms with Crippen LogP contribution in [0.3, 0.4) is 0 Å². The third kappa shape index (κ3) is 3.86. The zero-order chi connectivity index (χ0) is 21.5. The van der Waals surface area contributed by atoms with Gasteiger partial charge in [-0.1, -0.05) is 24.9 Å². The summed E-state index contributed by atoms with van der Waals surface area (Å²) >= 11 is 6.11. The number of amides is 1. The van der Waals surface area contributed by atoms with Gasteiger partial charge in [-0.25, -0.2) is 4.79 Å². The van der Waals surface area contributed by atoms with Crippen molar-refractivity contribution in [3.8, 4) is 11.5 Å². The van der Waals surface area contributed by atoms with Crippen LogP contribution in [0.25, 0.3) is 11.0 Å². The van der Waals surface area contributed by atoms with Crippen molar-refractivity contribution in [2.24, 2.45) is 0 Å². The van der Waals surface area contributed by atoms with Gasteiger partial charge in [-0.15, -0.1) is 0 Å². The van der Waals surface area contributed by atoms with Crippen molar-refractivity contribution >= 4 is 44.3 Å². The monoisotopic (exact) mass is 449 g/mol. The minimum absolute atomic E-state index is 0.0395. The molecule has 2 aromatic carbocycles. The molecule has 8 nitrogen and oxygen atoms in total. The average Bonchev–Trinajstić information content (AvgIpc) is 2.66. The number of fused-ring (bicyclic) bond motifs is 2. The van der Waals surface area contributed by atoms with Gasteiger partial charge in [0.05, 0.1) is 10.7 Å². The molecule has 0 fully saturated rings. The SMILES string of the molecule is CCCc1cc(=O)oc2cc(OS(=O)(=O)c3cc4c(cc3Cl)NC(=O)CO4)ccc12. The van der Waals surface area contributed by atoms with Crippen LogP contribution < -0.4 is 19.9 Å². The molecule has 0 saturated carbocycles. The second-order valence-corrected chi connectivity index (χ2v) is 8.57. The van der Waals surface area contributed by atoms with E-state index < -0.39 is 15.7 Å². The van der Waals surface area contributed by atoms with E-state index in [0.29, 0.717) is 11.8 Å². The first-order valence-electron chi connectivity index (χ1n) is 9.04. The summed E-state index contributed by atoms with van der Waals surface area (Å²) in [4.78, 5) is 22.9. The summed E-state index contributed by atoms with van der Waals surface area (Å²) in [6.07, 6.45) is 1.52. The van der Waals surface area contributed by atoms with Crippen LogP contribution in [0, 0.1) is 0 Å². The number of rotatable bonds is 5. The van der Waals surface area contributed by atoms with E-state index in [4.69, 9.17) is 24.9 Å². The number of ether oxygens (including phenoxy) is 1. The first-order chi connectivity index (χ1) is 14.3. The molecule has 1 aliphatic rings. The van der Waals surface area contributed by atoms with E-state index in [1.54, 1.807) is 6.07 Å². The molecule has 0 aliphatic carbocycles. The van der Waals surface area contributed by atoms with Gasteiger partial charge in [0.15, 0.2) is 6.61 Å². The molecule has 1 amide bonds. The molecule has 0 saturated heterocycles. The minimum atomic E-state index is -4.33. The molecule has 0 bridgehead atoms.